The van der Waals surface area contributed by atoms with Crippen LogP contribution in [0.2, 0.25) is 0 Å². The van der Waals surface area contributed by atoms with Crippen LogP contribution in [0.25, 0.3) is 23.1 Å². The van der Waals surface area contributed by atoms with Crippen molar-refractivity contribution < 1.29 is 18.8 Å². The molecule has 3 aromatic rings. The van der Waals surface area contributed by atoms with Crippen molar-refractivity contribution in [3.63, 3.8) is 0 Å². The van der Waals surface area contributed by atoms with E-state index in [0.717, 1.165) is 11.3 Å². The fraction of sp³-hybridized carbons (Fsp3) is 0.190. The van der Waals surface area contributed by atoms with Crippen LogP contribution < -0.4 is 18.8 Å². The number of aromatic nitrogens is 1. The van der Waals surface area contributed by atoms with Crippen molar-refractivity contribution >= 4 is 23.1 Å². The summed E-state index contributed by atoms with van der Waals surface area (Å²) in [5, 5.41) is 1.21. The van der Waals surface area contributed by atoms with Gasteiger partial charge in [-0.05, 0) is 30.3 Å². The normalized spacial score (nSPS) is 11.0. The number of hydrogen-bond acceptors (Lipinski definition) is 3. The Morgan fingerprint density at radius 1 is 0.760 bits per heavy atom. The summed E-state index contributed by atoms with van der Waals surface area (Å²) in [6.45, 7) is 0. The highest BCUT2D eigenvalue weighted by atomic mass is 16.5. The van der Waals surface area contributed by atoms with E-state index in [1.54, 1.807) is 21.3 Å². The SMILES string of the molecule is COc1ccc(/C=C\c2ccc3ccccc3[n+]2C)c(OC)c1OC. The van der Waals surface area contributed by atoms with E-state index < -0.39 is 0 Å². The smallest absolute Gasteiger partial charge is 0.212 e. The number of nitrogens with zero attached hydrogens (tertiary/aromatic N) is 1. The van der Waals surface area contributed by atoms with Gasteiger partial charge in [-0.3, -0.25) is 0 Å². The number of ether oxygens (including phenoxy) is 3. The standard InChI is InChI=1S/C21H22NO3/c1-22-17(12-9-15-7-5-6-8-18(15)22)13-10-16-11-14-19(23-2)21(25-4)20(16)24-3/h5-14H,1-4H3/q+1/b13-10-. The molecule has 128 valence electrons. The van der Waals surface area contributed by atoms with Gasteiger partial charge in [0.2, 0.25) is 17.0 Å². The molecule has 0 aliphatic rings. The summed E-state index contributed by atoms with van der Waals surface area (Å²) in [4.78, 5) is 0. The molecule has 0 fully saturated rings. The third kappa shape index (κ3) is 3.15. The zero-order chi connectivity index (χ0) is 17.8. The Morgan fingerprint density at radius 3 is 2.24 bits per heavy atom. The Bertz CT molecular complexity index is 932. The Morgan fingerprint density at radius 2 is 1.52 bits per heavy atom. The van der Waals surface area contributed by atoms with E-state index in [9.17, 15) is 0 Å². The first-order chi connectivity index (χ1) is 12.2. The molecular formula is C21H22NO3+. The van der Waals surface area contributed by atoms with Crippen LogP contribution >= 0.6 is 0 Å². The maximum absolute atomic E-state index is 5.54. The molecule has 4 heteroatoms. The minimum absolute atomic E-state index is 0.593. The van der Waals surface area contributed by atoms with Crippen molar-refractivity contribution in [2.24, 2.45) is 7.05 Å². The lowest BCUT2D eigenvalue weighted by molar-refractivity contribution is -0.646. The molecule has 4 nitrogen and oxygen atoms in total. The lowest BCUT2D eigenvalue weighted by atomic mass is 10.1. The first-order valence-corrected chi connectivity index (χ1v) is 8.04. The molecule has 0 N–H and O–H groups in total. The Hall–Kier alpha value is -3.01. The number of benzene rings is 2. The fourth-order valence-corrected chi connectivity index (χ4v) is 2.96. The zero-order valence-electron chi connectivity index (χ0n) is 14.9. The molecular weight excluding hydrogens is 314 g/mol. The predicted octanol–water partition coefficient (Wildman–Crippen LogP) is 3.86. The van der Waals surface area contributed by atoms with Gasteiger partial charge in [0.1, 0.15) is 7.05 Å². The van der Waals surface area contributed by atoms with E-state index in [4.69, 9.17) is 14.2 Å². The topological polar surface area (TPSA) is 31.6 Å². The Labute approximate surface area is 147 Å². The third-order valence-corrected chi connectivity index (χ3v) is 4.29. The lowest BCUT2D eigenvalue weighted by Gasteiger charge is -2.13. The van der Waals surface area contributed by atoms with Gasteiger partial charge in [0.25, 0.3) is 0 Å². The average molecular weight is 336 g/mol. The molecule has 0 amide bonds. The Kier molecular flexibility index (Phi) is 4.89. The van der Waals surface area contributed by atoms with Crippen molar-refractivity contribution in [1.82, 2.24) is 0 Å². The summed E-state index contributed by atoms with van der Waals surface area (Å²) in [7, 11) is 6.91. The predicted molar refractivity (Wildman–Crippen MR) is 100 cm³/mol. The van der Waals surface area contributed by atoms with E-state index in [1.165, 1.54) is 10.9 Å². The van der Waals surface area contributed by atoms with Crippen LogP contribution in [-0.4, -0.2) is 21.3 Å². The maximum Gasteiger partial charge on any atom is 0.212 e. The molecule has 0 bridgehead atoms. The largest absolute Gasteiger partial charge is 0.493 e. The van der Waals surface area contributed by atoms with Crippen molar-refractivity contribution in [1.29, 1.82) is 0 Å². The van der Waals surface area contributed by atoms with Gasteiger partial charge in [0.05, 0.1) is 21.3 Å². The van der Waals surface area contributed by atoms with Crippen molar-refractivity contribution in [2.75, 3.05) is 21.3 Å². The minimum Gasteiger partial charge on any atom is -0.493 e. The van der Waals surface area contributed by atoms with Gasteiger partial charge in [-0.15, -0.1) is 0 Å². The highest BCUT2D eigenvalue weighted by molar-refractivity contribution is 5.78. The monoisotopic (exact) mass is 336 g/mol. The highest BCUT2D eigenvalue weighted by Gasteiger charge is 2.15. The molecule has 0 aliphatic carbocycles. The minimum atomic E-state index is 0.593. The second-order valence-corrected chi connectivity index (χ2v) is 5.63. The van der Waals surface area contributed by atoms with Crippen molar-refractivity contribution in [2.45, 2.75) is 0 Å². The van der Waals surface area contributed by atoms with Gasteiger partial charge in [-0.1, -0.05) is 12.1 Å². The second-order valence-electron chi connectivity index (χ2n) is 5.63. The summed E-state index contributed by atoms with van der Waals surface area (Å²) < 4.78 is 18.5. The van der Waals surface area contributed by atoms with Crippen LogP contribution in [0.5, 0.6) is 17.2 Å². The average Bonchev–Trinajstić information content (AvgIpc) is 2.66. The molecule has 0 spiro atoms. The van der Waals surface area contributed by atoms with Crippen molar-refractivity contribution in [3.05, 3.63) is 59.8 Å². The molecule has 0 radical (unpaired) electrons. The number of aryl methyl sites for hydroxylation is 1. The van der Waals surface area contributed by atoms with Gasteiger partial charge >= 0.3 is 0 Å². The summed E-state index contributed by atoms with van der Waals surface area (Å²) in [5.74, 6) is 1.89. The second kappa shape index (κ2) is 7.26. The van der Waals surface area contributed by atoms with Crippen LogP contribution in [0, 0.1) is 0 Å². The molecule has 1 heterocycles. The number of para-hydroxylation sites is 1. The number of pyridine rings is 1. The molecule has 0 atom stereocenters. The molecule has 0 unspecified atom stereocenters. The molecule has 3 rings (SSSR count). The van der Waals surface area contributed by atoms with Crippen LogP contribution in [-0.2, 0) is 7.05 Å². The molecule has 2 aromatic carbocycles. The van der Waals surface area contributed by atoms with Gasteiger partial charge in [0.15, 0.2) is 11.5 Å². The zero-order valence-corrected chi connectivity index (χ0v) is 14.9. The van der Waals surface area contributed by atoms with Crippen LogP contribution in [0.1, 0.15) is 11.3 Å². The van der Waals surface area contributed by atoms with Gasteiger partial charge < -0.3 is 14.2 Å². The highest BCUT2D eigenvalue weighted by Crippen LogP contribution is 2.40. The summed E-state index contributed by atoms with van der Waals surface area (Å²) in [5.41, 5.74) is 3.20. The quantitative estimate of drug-likeness (QED) is 0.663. The number of hydrogen-bond donors (Lipinski definition) is 0. The van der Waals surface area contributed by atoms with E-state index in [0.29, 0.717) is 17.2 Å². The van der Waals surface area contributed by atoms with Crippen LogP contribution in [0.15, 0.2) is 48.5 Å². The number of methoxy groups -OCH3 is 3. The lowest BCUT2D eigenvalue weighted by Crippen LogP contribution is -2.32. The van der Waals surface area contributed by atoms with E-state index in [1.807, 2.05) is 30.3 Å². The van der Waals surface area contributed by atoms with Crippen LogP contribution in [0.4, 0.5) is 0 Å². The molecule has 0 saturated carbocycles. The molecule has 0 saturated heterocycles. The molecule has 1 aromatic heterocycles. The fourth-order valence-electron chi connectivity index (χ4n) is 2.96. The van der Waals surface area contributed by atoms with Gasteiger partial charge in [-0.2, -0.15) is 4.57 Å². The Balaban J connectivity index is 2.04. The maximum atomic E-state index is 5.54. The molecule has 0 aliphatic heterocycles. The van der Waals surface area contributed by atoms with E-state index in [2.05, 4.69) is 42.0 Å². The van der Waals surface area contributed by atoms with Gasteiger partial charge in [0, 0.05) is 29.2 Å². The van der Waals surface area contributed by atoms with E-state index in [-0.39, 0.29) is 0 Å². The van der Waals surface area contributed by atoms with E-state index >= 15 is 0 Å². The summed E-state index contributed by atoms with van der Waals surface area (Å²) in [6.07, 6.45) is 4.08. The van der Waals surface area contributed by atoms with Crippen LogP contribution in [0.3, 0.4) is 0 Å². The van der Waals surface area contributed by atoms with Gasteiger partial charge in [-0.25, -0.2) is 0 Å². The summed E-state index contributed by atoms with van der Waals surface area (Å²) >= 11 is 0. The number of rotatable bonds is 5. The molecule has 25 heavy (non-hydrogen) atoms. The number of fused-ring (bicyclic) bond motifs is 1. The third-order valence-electron chi connectivity index (χ3n) is 4.29. The first kappa shape index (κ1) is 16.8. The van der Waals surface area contributed by atoms with Crippen molar-refractivity contribution in [3.8, 4) is 17.2 Å². The first-order valence-electron chi connectivity index (χ1n) is 8.04. The summed E-state index contributed by atoms with van der Waals surface area (Å²) in [6, 6.07) is 16.4.